The third-order valence-corrected chi connectivity index (χ3v) is 2.71. The molecule has 0 saturated carbocycles. The van der Waals surface area contributed by atoms with Crippen LogP contribution < -0.4 is 0 Å². The van der Waals surface area contributed by atoms with Crippen LogP contribution in [0.2, 0.25) is 13.1 Å². The summed E-state index contributed by atoms with van der Waals surface area (Å²) in [6.07, 6.45) is 0. The van der Waals surface area contributed by atoms with Crippen LogP contribution in [-0.2, 0) is 15.4 Å². The average Bonchev–Trinajstić information content (AvgIpc) is 3.15. The molecule has 1 radical (unpaired) electrons. The van der Waals surface area contributed by atoms with Crippen LogP contribution in [0.5, 0.6) is 0 Å². The normalized spacial score (nSPS) is 9.36. The van der Waals surface area contributed by atoms with Gasteiger partial charge < -0.3 is 0 Å². The van der Waals surface area contributed by atoms with Gasteiger partial charge in [0.1, 0.15) is 0 Å². The van der Waals surface area contributed by atoms with Gasteiger partial charge in [-0.3, -0.25) is 0 Å². The Kier molecular flexibility index (Phi) is 19.4. The molecule has 0 bridgehead atoms. The molecule has 0 aliphatic heterocycles. The molecule has 2 rings (SSSR count). The van der Waals surface area contributed by atoms with Gasteiger partial charge in [-0.25, -0.2) is 12.1 Å². The van der Waals surface area contributed by atoms with Crippen molar-refractivity contribution in [2.24, 2.45) is 0 Å². The third-order valence-electron chi connectivity index (χ3n) is 2.71. The SMILES string of the molecule is CC(C)c1cc[cH-]c1.CC(C)c1cc[cH-]c1.C[SiH]C.[Cl][Os][Cl]. The van der Waals surface area contributed by atoms with E-state index < -0.39 is 15.4 Å². The van der Waals surface area contributed by atoms with Crippen molar-refractivity contribution in [2.75, 3.05) is 0 Å². The molecule has 0 unspecified atom stereocenters. The number of hydrogen-bond acceptors (Lipinski definition) is 0. The topological polar surface area (TPSA) is 0 Å². The predicted octanol–water partition coefficient (Wildman–Crippen LogP) is 6.95. The summed E-state index contributed by atoms with van der Waals surface area (Å²) in [5, 5.41) is 0. The molecule has 0 spiro atoms. The van der Waals surface area contributed by atoms with Crippen molar-refractivity contribution in [3.05, 3.63) is 59.7 Å². The van der Waals surface area contributed by atoms with Crippen LogP contribution in [0.3, 0.4) is 0 Å². The van der Waals surface area contributed by atoms with Crippen molar-refractivity contribution >= 4 is 28.8 Å². The Morgan fingerprint density at radius 2 is 1.14 bits per heavy atom. The first-order valence-corrected chi connectivity index (χ1v) is 16.1. The van der Waals surface area contributed by atoms with E-state index in [0.717, 1.165) is 9.52 Å². The minimum atomic E-state index is -0.639. The Bertz CT molecular complexity index is 354. The van der Waals surface area contributed by atoms with Gasteiger partial charge in [0.15, 0.2) is 0 Å². The summed E-state index contributed by atoms with van der Waals surface area (Å²) < 4.78 is 0. The van der Waals surface area contributed by atoms with Gasteiger partial charge in [0, 0.05) is 9.52 Å². The van der Waals surface area contributed by atoms with Crippen molar-refractivity contribution in [3.8, 4) is 0 Å². The Hall–Kier alpha value is 0.133. The monoisotopic (exact) mass is 535 g/mol. The Morgan fingerprint density at radius 1 is 0.864 bits per heavy atom. The molecule has 0 aromatic heterocycles. The molecule has 0 fully saturated rings. The third kappa shape index (κ3) is 15.0. The van der Waals surface area contributed by atoms with Crippen LogP contribution in [0.4, 0.5) is 0 Å². The Balaban J connectivity index is 0. The molecule has 22 heavy (non-hydrogen) atoms. The molecule has 2 aromatic carbocycles. The molecule has 0 aliphatic rings. The van der Waals surface area contributed by atoms with Gasteiger partial charge in [-0.05, 0) is 0 Å². The second-order valence-corrected chi connectivity index (χ2v) is 10.2. The number of halogens is 2. The summed E-state index contributed by atoms with van der Waals surface area (Å²) in [6, 6.07) is 16.9. The van der Waals surface area contributed by atoms with Gasteiger partial charge in [-0.1, -0.05) is 52.6 Å². The maximum atomic E-state index is 4.90. The first kappa shape index (κ1) is 24.4. The van der Waals surface area contributed by atoms with E-state index in [1.165, 1.54) is 11.1 Å². The van der Waals surface area contributed by atoms with Crippen molar-refractivity contribution in [1.29, 1.82) is 0 Å². The average molecular weight is 535 g/mol. The molecule has 0 amide bonds. The van der Waals surface area contributed by atoms with E-state index in [2.05, 4.69) is 89.3 Å². The van der Waals surface area contributed by atoms with Crippen LogP contribution >= 0.6 is 19.3 Å². The molecule has 0 saturated heterocycles. The van der Waals surface area contributed by atoms with Crippen LogP contribution in [0.1, 0.15) is 50.7 Å². The molecule has 0 nitrogen and oxygen atoms in total. The zero-order valence-corrected chi connectivity index (χ0v) is 19.7. The standard InChI is InChI=1S/2C8H11.C2H7Si.2ClH.Os/c2*1-7(2)8-5-3-4-6-8;1-3-2;;;/h2*3-7H,1-2H3;3H,1-2H3;2*1H;/q2*-1;;;;+2/p-2. The van der Waals surface area contributed by atoms with Crippen molar-refractivity contribution < 1.29 is 15.4 Å². The zero-order valence-electron chi connectivity index (χ0n) is 14.5. The van der Waals surface area contributed by atoms with Gasteiger partial charge in [0.2, 0.25) is 0 Å². The summed E-state index contributed by atoms with van der Waals surface area (Å²) >= 11 is -0.639. The molecular formula is C18H29Cl2OsSi-2. The fourth-order valence-corrected chi connectivity index (χ4v) is 1.55. The molecule has 129 valence electrons. The van der Waals surface area contributed by atoms with Gasteiger partial charge in [0.05, 0.1) is 0 Å². The van der Waals surface area contributed by atoms with Gasteiger partial charge in [0.25, 0.3) is 0 Å². The van der Waals surface area contributed by atoms with Crippen LogP contribution in [0.25, 0.3) is 0 Å². The van der Waals surface area contributed by atoms with E-state index in [1.807, 2.05) is 0 Å². The summed E-state index contributed by atoms with van der Waals surface area (Å²) in [7, 11) is 10.6. The van der Waals surface area contributed by atoms with Gasteiger partial charge in [-0.15, -0.1) is 0 Å². The van der Waals surface area contributed by atoms with Crippen molar-refractivity contribution in [1.82, 2.24) is 0 Å². The molecule has 0 aliphatic carbocycles. The zero-order chi connectivity index (χ0) is 17.4. The molecule has 0 atom stereocenters. The second-order valence-electron chi connectivity index (χ2n) is 5.37. The molecular weight excluding hydrogens is 505 g/mol. The fourth-order valence-electron chi connectivity index (χ4n) is 1.55. The predicted molar refractivity (Wildman–Crippen MR) is 103 cm³/mol. The van der Waals surface area contributed by atoms with E-state index in [4.69, 9.17) is 19.3 Å². The number of hydrogen-bond donors (Lipinski definition) is 0. The van der Waals surface area contributed by atoms with Crippen LogP contribution in [-0.4, -0.2) is 9.52 Å². The fraction of sp³-hybridized carbons (Fsp3) is 0.444. The maximum absolute atomic E-state index is 4.90. The summed E-state index contributed by atoms with van der Waals surface area (Å²) in [5.74, 6) is 1.37. The van der Waals surface area contributed by atoms with Gasteiger partial charge >= 0.3 is 34.7 Å². The molecule has 0 heterocycles. The molecule has 0 N–H and O–H groups in total. The van der Waals surface area contributed by atoms with E-state index in [-0.39, 0.29) is 0 Å². The first-order chi connectivity index (χ1) is 10.4. The van der Waals surface area contributed by atoms with Gasteiger partial charge in [-0.2, -0.15) is 47.5 Å². The molecule has 2 aromatic rings. The summed E-state index contributed by atoms with van der Waals surface area (Å²) in [5.41, 5.74) is 2.87. The van der Waals surface area contributed by atoms with Crippen LogP contribution in [0.15, 0.2) is 48.5 Å². The van der Waals surface area contributed by atoms with Crippen molar-refractivity contribution in [2.45, 2.75) is 52.6 Å². The first-order valence-electron chi connectivity index (χ1n) is 7.46. The summed E-state index contributed by atoms with van der Waals surface area (Å²) in [6.45, 7) is 13.2. The molecule has 4 heteroatoms. The van der Waals surface area contributed by atoms with Crippen molar-refractivity contribution in [3.63, 3.8) is 0 Å². The quantitative estimate of drug-likeness (QED) is 0.289. The second kappa shape index (κ2) is 17.5. The van der Waals surface area contributed by atoms with E-state index >= 15 is 0 Å². The van der Waals surface area contributed by atoms with E-state index in [0.29, 0.717) is 11.8 Å². The van der Waals surface area contributed by atoms with Crippen LogP contribution in [0, 0.1) is 0 Å². The van der Waals surface area contributed by atoms with E-state index in [9.17, 15) is 0 Å². The Labute approximate surface area is 156 Å². The minimum absolute atomic E-state index is 0.639. The summed E-state index contributed by atoms with van der Waals surface area (Å²) in [4.78, 5) is 0. The Morgan fingerprint density at radius 3 is 1.23 bits per heavy atom. The number of rotatable bonds is 2. The van der Waals surface area contributed by atoms with E-state index in [1.54, 1.807) is 0 Å².